The SMILES string of the molecule is Cc1ccc(C(C)NC(C)c2ccccc2Cl)c(C)c1. The molecule has 0 spiro atoms. The molecule has 0 aliphatic carbocycles. The fourth-order valence-electron chi connectivity index (χ4n) is 2.69. The molecule has 0 aliphatic heterocycles. The van der Waals surface area contributed by atoms with Gasteiger partial charge in [-0.25, -0.2) is 0 Å². The molecule has 2 aromatic carbocycles. The van der Waals surface area contributed by atoms with Gasteiger partial charge in [0, 0.05) is 17.1 Å². The maximum absolute atomic E-state index is 6.26. The van der Waals surface area contributed by atoms with Crippen molar-refractivity contribution in [3.63, 3.8) is 0 Å². The first-order valence-corrected chi connectivity index (χ1v) is 7.44. The zero-order chi connectivity index (χ0) is 14.7. The van der Waals surface area contributed by atoms with Gasteiger partial charge in [-0.05, 0) is 50.5 Å². The van der Waals surface area contributed by atoms with E-state index >= 15 is 0 Å². The average molecular weight is 288 g/mol. The molecule has 0 heterocycles. The molecule has 0 radical (unpaired) electrons. The molecule has 0 fully saturated rings. The van der Waals surface area contributed by atoms with Gasteiger partial charge in [-0.15, -0.1) is 0 Å². The summed E-state index contributed by atoms with van der Waals surface area (Å²) in [7, 11) is 0. The van der Waals surface area contributed by atoms with Crippen LogP contribution in [0.3, 0.4) is 0 Å². The number of nitrogens with one attached hydrogen (secondary N) is 1. The molecule has 2 heteroatoms. The van der Waals surface area contributed by atoms with E-state index in [0.717, 1.165) is 10.6 Å². The van der Waals surface area contributed by atoms with Gasteiger partial charge in [0.2, 0.25) is 0 Å². The molecule has 0 saturated heterocycles. The van der Waals surface area contributed by atoms with Crippen molar-refractivity contribution >= 4 is 11.6 Å². The Morgan fingerprint density at radius 1 is 0.900 bits per heavy atom. The van der Waals surface area contributed by atoms with Gasteiger partial charge in [-0.3, -0.25) is 0 Å². The van der Waals surface area contributed by atoms with Gasteiger partial charge in [0.1, 0.15) is 0 Å². The second-order valence-electron chi connectivity index (χ2n) is 5.49. The number of hydrogen-bond donors (Lipinski definition) is 1. The van der Waals surface area contributed by atoms with Crippen LogP contribution in [0.1, 0.15) is 48.2 Å². The Balaban J connectivity index is 2.15. The van der Waals surface area contributed by atoms with Gasteiger partial charge >= 0.3 is 0 Å². The molecule has 0 amide bonds. The first-order chi connectivity index (χ1) is 9.49. The van der Waals surface area contributed by atoms with Crippen molar-refractivity contribution in [2.24, 2.45) is 0 Å². The number of aryl methyl sites for hydroxylation is 2. The Kier molecular flexibility index (Phi) is 4.85. The summed E-state index contributed by atoms with van der Waals surface area (Å²) in [5.41, 5.74) is 5.12. The maximum Gasteiger partial charge on any atom is 0.0453 e. The van der Waals surface area contributed by atoms with E-state index in [4.69, 9.17) is 11.6 Å². The number of benzene rings is 2. The molecule has 0 saturated carbocycles. The van der Waals surface area contributed by atoms with Crippen molar-refractivity contribution in [1.29, 1.82) is 0 Å². The molecule has 20 heavy (non-hydrogen) atoms. The van der Waals surface area contributed by atoms with Crippen LogP contribution in [0, 0.1) is 13.8 Å². The zero-order valence-electron chi connectivity index (χ0n) is 12.6. The fraction of sp³-hybridized carbons (Fsp3) is 0.333. The highest BCUT2D eigenvalue weighted by molar-refractivity contribution is 6.31. The van der Waals surface area contributed by atoms with E-state index < -0.39 is 0 Å². The van der Waals surface area contributed by atoms with E-state index in [-0.39, 0.29) is 6.04 Å². The van der Waals surface area contributed by atoms with E-state index in [2.05, 4.69) is 57.3 Å². The lowest BCUT2D eigenvalue weighted by molar-refractivity contribution is 0.493. The third-order valence-corrected chi connectivity index (χ3v) is 4.11. The summed E-state index contributed by atoms with van der Waals surface area (Å²) in [6.45, 7) is 8.65. The quantitative estimate of drug-likeness (QED) is 0.797. The van der Waals surface area contributed by atoms with Crippen LogP contribution in [0.25, 0.3) is 0 Å². The predicted octanol–water partition coefficient (Wildman–Crippen LogP) is 5.37. The molecule has 2 aromatic rings. The second-order valence-corrected chi connectivity index (χ2v) is 5.90. The minimum atomic E-state index is 0.222. The van der Waals surface area contributed by atoms with E-state index in [1.807, 2.05) is 18.2 Å². The van der Waals surface area contributed by atoms with Crippen molar-refractivity contribution in [3.05, 3.63) is 69.7 Å². The molecule has 0 aromatic heterocycles. The number of halogens is 1. The molecule has 0 aliphatic rings. The summed E-state index contributed by atoms with van der Waals surface area (Å²) < 4.78 is 0. The highest BCUT2D eigenvalue weighted by atomic mass is 35.5. The smallest absolute Gasteiger partial charge is 0.0453 e. The molecule has 0 bridgehead atoms. The molecule has 1 nitrogen and oxygen atoms in total. The Morgan fingerprint density at radius 3 is 2.20 bits per heavy atom. The minimum Gasteiger partial charge on any atom is -0.304 e. The summed E-state index contributed by atoms with van der Waals surface area (Å²) in [5.74, 6) is 0. The minimum absolute atomic E-state index is 0.222. The standard InChI is InChI=1S/C18H22ClN/c1-12-9-10-16(13(2)11-12)14(3)20-15(4)17-7-5-6-8-18(17)19/h5-11,14-15,20H,1-4H3. The summed E-state index contributed by atoms with van der Waals surface area (Å²) >= 11 is 6.26. The zero-order valence-corrected chi connectivity index (χ0v) is 13.3. The van der Waals surface area contributed by atoms with Gasteiger partial charge in [-0.2, -0.15) is 0 Å². The lowest BCUT2D eigenvalue weighted by atomic mass is 9.99. The lowest BCUT2D eigenvalue weighted by Crippen LogP contribution is -2.23. The average Bonchev–Trinajstić information content (AvgIpc) is 2.38. The summed E-state index contributed by atoms with van der Waals surface area (Å²) in [5, 5.41) is 4.45. The van der Waals surface area contributed by atoms with E-state index in [1.54, 1.807) is 0 Å². The third kappa shape index (κ3) is 3.41. The monoisotopic (exact) mass is 287 g/mol. The van der Waals surface area contributed by atoms with E-state index in [9.17, 15) is 0 Å². The van der Waals surface area contributed by atoms with Crippen LogP contribution in [0.2, 0.25) is 5.02 Å². The summed E-state index contributed by atoms with van der Waals surface area (Å²) in [4.78, 5) is 0. The van der Waals surface area contributed by atoms with Crippen molar-refractivity contribution in [2.45, 2.75) is 39.8 Å². The Bertz CT molecular complexity index is 592. The van der Waals surface area contributed by atoms with E-state index in [0.29, 0.717) is 6.04 Å². The van der Waals surface area contributed by atoms with Gasteiger partial charge in [0.25, 0.3) is 0 Å². The molecule has 2 unspecified atom stereocenters. The molecular formula is C18H22ClN. The molecule has 2 atom stereocenters. The fourth-order valence-corrected chi connectivity index (χ4v) is 2.99. The largest absolute Gasteiger partial charge is 0.304 e. The highest BCUT2D eigenvalue weighted by Gasteiger charge is 2.14. The van der Waals surface area contributed by atoms with Crippen LogP contribution in [0.15, 0.2) is 42.5 Å². The lowest BCUT2D eigenvalue weighted by Gasteiger charge is -2.23. The molecular weight excluding hydrogens is 266 g/mol. The molecule has 1 N–H and O–H groups in total. The Labute approximate surface area is 127 Å². The maximum atomic E-state index is 6.26. The second kappa shape index (κ2) is 6.43. The van der Waals surface area contributed by atoms with Gasteiger partial charge in [0.05, 0.1) is 0 Å². The van der Waals surface area contributed by atoms with Gasteiger partial charge in [-0.1, -0.05) is 53.6 Å². The number of hydrogen-bond acceptors (Lipinski definition) is 1. The Hall–Kier alpha value is -1.31. The van der Waals surface area contributed by atoms with Crippen LogP contribution in [0.4, 0.5) is 0 Å². The summed E-state index contributed by atoms with van der Waals surface area (Å²) in [6, 6.07) is 15.1. The predicted molar refractivity (Wildman–Crippen MR) is 87.3 cm³/mol. The van der Waals surface area contributed by atoms with Crippen LogP contribution in [0.5, 0.6) is 0 Å². The van der Waals surface area contributed by atoms with Crippen molar-refractivity contribution in [3.8, 4) is 0 Å². The van der Waals surface area contributed by atoms with Gasteiger partial charge < -0.3 is 5.32 Å². The van der Waals surface area contributed by atoms with Gasteiger partial charge in [0.15, 0.2) is 0 Å². The van der Waals surface area contributed by atoms with Crippen molar-refractivity contribution < 1.29 is 0 Å². The van der Waals surface area contributed by atoms with Crippen LogP contribution >= 0.6 is 11.6 Å². The van der Waals surface area contributed by atoms with Crippen molar-refractivity contribution in [2.75, 3.05) is 0 Å². The van der Waals surface area contributed by atoms with Crippen LogP contribution < -0.4 is 5.32 Å². The molecule has 106 valence electrons. The van der Waals surface area contributed by atoms with Crippen LogP contribution in [-0.4, -0.2) is 0 Å². The normalized spacial score (nSPS) is 14.1. The number of rotatable bonds is 4. The first kappa shape index (κ1) is 15.1. The first-order valence-electron chi connectivity index (χ1n) is 7.06. The third-order valence-electron chi connectivity index (χ3n) is 3.76. The van der Waals surface area contributed by atoms with E-state index in [1.165, 1.54) is 16.7 Å². The molecule has 2 rings (SSSR count). The topological polar surface area (TPSA) is 12.0 Å². The highest BCUT2D eigenvalue weighted by Crippen LogP contribution is 2.26. The van der Waals surface area contributed by atoms with Crippen LogP contribution in [-0.2, 0) is 0 Å². The Morgan fingerprint density at radius 2 is 1.55 bits per heavy atom. The summed E-state index contributed by atoms with van der Waals surface area (Å²) in [6.07, 6.45) is 0. The van der Waals surface area contributed by atoms with Crippen molar-refractivity contribution in [1.82, 2.24) is 5.32 Å².